The number of ether oxygens (including phenoxy) is 1. The molecule has 94 valence electrons. The first-order chi connectivity index (χ1) is 7.95. The van der Waals surface area contributed by atoms with Gasteiger partial charge in [0.1, 0.15) is 0 Å². The third-order valence-corrected chi connectivity index (χ3v) is 3.83. The second-order valence-electron chi connectivity index (χ2n) is 5.17. The summed E-state index contributed by atoms with van der Waals surface area (Å²) in [4.78, 5) is 0. The first-order valence-corrected chi connectivity index (χ1v) is 6.98. The Balaban J connectivity index is 1.42. The third kappa shape index (κ3) is 4.40. The van der Waals surface area contributed by atoms with Gasteiger partial charge in [-0.15, -0.1) is 0 Å². The van der Waals surface area contributed by atoms with Crippen LogP contribution in [0.3, 0.4) is 0 Å². The molecule has 0 aromatic heterocycles. The van der Waals surface area contributed by atoms with Crippen LogP contribution in [0, 0.1) is 5.92 Å². The van der Waals surface area contributed by atoms with Crippen molar-refractivity contribution in [3.05, 3.63) is 0 Å². The van der Waals surface area contributed by atoms with Crippen molar-refractivity contribution in [3.8, 4) is 0 Å². The van der Waals surface area contributed by atoms with E-state index < -0.39 is 0 Å². The van der Waals surface area contributed by atoms with Crippen LogP contribution in [0.1, 0.15) is 38.5 Å². The maximum absolute atomic E-state index is 5.82. The van der Waals surface area contributed by atoms with Crippen molar-refractivity contribution in [2.24, 2.45) is 5.92 Å². The molecular weight excluding hydrogens is 200 g/mol. The zero-order chi connectivity index (χ0) is 11.1. The molecule has 2 rings (SSSR count). The molecule has 1 aliphatic heterocycles. The average molecular weight is 226 g/mol. The Labute approximate surface area is 99.3 Å². The minimum atomic E-state index is 0.570. The van der Waals surface area contributed by atoms with E-state index in [2.05, 4.69) is 10.6 Å². The highest BCUT2D eigenvalue weighted by atomic mass is 16.5. The molecule has 3 nitrogen and oxygen atoms in total. The summed E-state index contributed by atoms with van der Waals surface area (Å²) in [5.74, 6) is 0.882. The van der Waals surface area contributed by atoms with Gasteiger partial charge in [0.15, 0.2) is 0 Å². The minimum Gasteiger partial charge on any atom is -0.377 e. The van der Waals surface area contributed by atoms with E-state index in [0.717, 1.165) is 19.1 Å². The monoisotopic (exact) mass is 226 g/mol. The molecule has 3 heteroatoms. The smallest absolute Gasteiger partial charge is 0.0594 e. The summed E-state index contributed by atoms with van der Waals surface area (Å²) < 4.78 is 5.82. The number of nitrogens with one attached hydrogen (secondary N) is 2. The Kier molecular flexibility index (Phi) is 5.59. The molecule has 2 fully saturated rings. The van der Waals surface area contributed by atoms with Gasteiger partial charge in [-0.1, -0.05) is 12.8 Å². The van der Waals surface area contributed by atoms with E-state index in [1.807, 2.05) is 0 Å². The van der Waals surface area contributed by atoms with Gasteiger partial charge >= 0.3 is 0 Å². The predicted molar refractivity (Wildman–Crippen MR) is 66.7 cm³/mol. The lowest BCUT2D eigenvalue weighted by atomic mass is 9.98. The summed E-state index contributed by atoms with van der Waals surface area (Å²) in [6.45, 7) is 5.50. The third-order valence-electron chi connectivity index (χ3n) is 3.83. The molecule has 16 heavy (non-hydrogen) atoms. The summed E-state index contributed by atoms with van der Waals surface area (Å²) in [5, 5.41) is 6.93. The van der Waals surface area contributed by atoms with Gasteiger partial charge in [-0.25, -0.2) is 0 Å². The van der Waals surface area contributed by atoms with Crippen LogP contribution in [0.25, 0.3) is 0 Å². The summed E-state index contributed by atoms with van der Waals surface area (Å²) >= 11 is 0. The lowest BCUT2D eigenvalue weighted by Gasteiger charge is -2.23. The number of hydrogen-bond acceptors (Lipinski definition) is 3. The van der Waals surface area contributed by atoms with Crippen molar-refractivity contribution >= 4 is 0 Å². The molecule has 0 radical (unpaired) electrons. The minimum absolute atomic E-state index is 0.570. The quantitative estimate of drug-likeness (QED) is 0.674. The Hall–Kier alpha value is -0.120. The predicted octanol–water partition coefficient (Wildman–Crippen LogP) is 1.53. The van der Waals surface area contributed by atoms with E-state index in [0.29, 0.717) is 6.10 Å². The molecule has 0 aromatic carbocycles. The van der Waals surface area contributed by atoms with Gasteiger partial charge in [0.05, 0.1) is 12.7 Å². The number of hydrogen-bond donors (Lipinski definition) is 2. The lowest BCUT2D eigenvalue weighted by molar-refractivity contribution is 0.0598. The second-order valence-corrected chi connectivity index (χ2v) is 5.17. The largest absolute Gasteiger partial charge is 0.377 e. The number of piperidine rings is 1. The van der Waals surface area contributed by atoms with E-state index in [9.17, 15) is 0 Å². The molecule has 1 saturated carbocycles. The van der Waals surface area contributed by atoms with Gasteiger partial charge in [-0.3, -0.25) is 0 Å². The molecule has 0 bridgehead atoms. The Morgan fingerprint density at radius 3 is 2.56 bits per heavy atom. The molecule has 0 unspecified atom stereocenters. The van der Waals surface area contributed by atoms with Crippen LogP contribution in [0.5, 0.6) is 0 Å². The highest BCUT2D eigenvalue weighted by Crippen LogP contribution is 2.20. The Bertz CT molecular complexity index is 175. The summed E-state index contributed by atoms with van der Waals surface area (Å²) in [6.07, 6.45) is 8.54. The fourth-order valence-corrected chi connectivity index (χ4v) is 2.74. The fourth-order valence-electron chi connectivity index (χ4n) is 2.74. The molecular formula is C13H26N2O. The Morgan fingerprint density at radius 1 is 1.06 bits per heavy atom. The molecule has 0 atom stereocenters. The number of rotatable bonds is 6. The van der Waals surface area contributed by atoms with Crippen LogP contribution in [-0.2, 0) is 4.74 Å². The molecule has 0 amide bonds. The molecule has 0 aromatic rings. The highest BCUT2D eigenvalue weighted by molar-refractivity contribution is 4.70. The van der Waals surface area contributed by atoms with Crippen LogP contribution < -0.4 is 10.6 Å². The molecule has 1 heterocycles. The normalized spacial score (nSPS) is 24.0. The summed E-state index contributed by atoms with van der Waals surface area (Å²) in [6, 6.07) is 0. The second kappa shape index (κ2) is 7.25. The van der Waals surface area contributed by atoms with Crippen molar-refractivity contribution in [2.75, 3.05) is 32.8 Å². The SMILES string of the molecule is C1CCC(OCCNCC2CCNCC2)C1. The molecule has 2 aliphatic rings. The van der Waals surface area contributed by atoms with Gasteiger partial charge < -0.3 is 15.4 Å². The maximum atomic E-state index is 5.82. The lowest BCUT2D eigenvalue weighted by Crippen LogP contribution is -2.34. The van der Waals surface area contributed by atoms with Crippen LogP contribution in [0.4, 0.5) is 0 Å². The van der Waals surface area contributed by atoms with E-state index in [1.54, 1.807) is 0 Å². The van der Waals surface area contributed by atoms with Gasteiger partial charge in [-0.05, 0) is 51.2 Å². The Morgan fingerprint density at radius 2 is 1.81 bits per heavy atom. The standard InChI is InChI=1S/C13H26N2O/c1-2-4-13(3-1)16-10-9-15-11-12-5-7-14-8-6-12/h12-15H,1-11H2. The fraction of sp³-hybridized carbons (Fsp3) is 1.00. The van der Waals surface area contributed by atoms with E-state index >= 15 is 0 Å². The zero-order valence-corrected chi connectivity index (χ0v) is 10.3. The molecule has 1 aliphatic carbocycles. The van der Waals surface area contributed by atoms with Crippen LogP contribution in [0.2, 0.25) is 0 Å². The average Bonchev–Trinajstić information content (AvgIpc) is 2.83. The van der Waals surface area contributed by atoms with Crippen LogP contribution in [0.15, 0.2) is 0 Å². The van der Waals surface area contributed by atoms with Crippen molar-refractivity contribution in [3.63, 3.8) is 0 Å². The maximum Gasteiger partial charge on any atom is 0.0594 e. The van der Waals surface area contributed by atoms with Crippen molar-refractivity contribution < 1.29 is 4.74 Å². The van der Waals surface area contributed by atoms with E-state index in [-0.39, 0.29) is 0 Å². The van der Waals surface area contributed by atoms with Gasteiger partial charge in [-0.2, -0.15) is 0 Å². The van der Waals surface area contributed by atoms with Crippen molar-refractivity contribution in [2.45, 2.75) is 44.6 Å². The summed E-state index contributed by atoms with van der Waals surface area (Å²) in [7, 11) is 0. The zero-order valence-electron chi connectivity index (χ0n) is 10.3. The van der Waals surface area contributed by atoms with Crippen LogP contribution >= 0.6 is 0 Å². The first kappa shape index (κ1) is 12.3. The van der Waals surface area contributed by atoms with Crippen molar-refractivity contribution in [1.29, 1.82) is 0 Å². The topological polar surface area (TPSA) is 33.3 Å². The molecule has 1 saturated heterocycles. The molecule has 0 spiro atoms. The van der Waals surface area contributed by atoms with Crippen molar-refractivity contribution in [1.82, 2.24) is 10.6 Å². The van der Waals surface area contributed by atoms with Gasteiger partial charge in [0, 0.05) is 6.54 Å². The van der Waals surface area contributed by atoms with Crippen LogP contribution in [-0.4, -0.2) is 38.9 Å². The summed E-state index contributed by atoms with van der Waals surface area (Å²) in [5.41, 5.74) is 0. The van der Waals surface area contributed by atoms with Gasteiger partial charge in [0.25, 0.3) is 0 Å². The van der Waals surface area contributed by atoms with E-state index in [1.165, 1.54) is 58.2 Å². The first-order valence-electron chi connectivity index (χ1n) is 6.98. The van der Waals surface area contributed by atoms with Gasteiger partial charge in [0.2, 0.25) is 0 Å². The highest BCUT2D eigenvalue weighted by Gasteiger charge is 2.15. The van der Waals surface area contributed by atoms with E-state index in [4.69, 9.17) is 4.74 Å². The molecule has 2 N–H and O–H groups in total.